The second kappa shape index (κ2) is 7.53. The molecule has 0 aliphatic carbocycles. The lowest BCUT2D eigenvalue weighted by Crippen LogP contribution is -2.27. The molecule has 0 saturated carbocycles. The molecule has 9 heavy (non-hydrogen) atoms. The molecule has 0 unspecified atom stereocenters. The van der Waals surface area contributed by atoms with Gasteiger partial charge in [-0.05, 0) is 6.54 Å². The number of alkyl halides is 2. The fraction of sp³-hybridized carbons (Fsp3) is 1.00. The quantitative estimate of drug-likeness (QED) is 0.541. The Labute approximate surface area is 84.8 Å². The van der Waals surface area contributed by atoms with Gasteiger partial charge in [0.15, 0.2) is 0 Å². The van der Waals surface area contributed by atoms with E-state index in [0.717, 1.165) is 0 Å². The van der Waals surface area contributed by atoms with Crippen molar-refractivity contribution in [3.63, 3.8) is 0 Å². The van der Waals surface area contributed by atoms with Crippen LogP contribution >= 0.6 is 45.2 Å². The SMILES string of the molecule is CCN(CCI)CCI. The van der Waals surface area contributed by atoms with Crippen LogP contribution in [0.25, 0.3) is 0 Å². The van der Waals surface area contributed by atoms with E-state index in [0.29, 0.717) is 0 Å². The maximum absolute atomic E-state index is 2.47. The van der Waals surface area contributed by atoms with E-state index in [1.54, 1.807) is 0 Å². The fourth-order valence-corrected chi connectivity index (χ4v) is 2.03. The average Bonchev–Trinajstić information content (AvgIpc) is 1.88. The molecule has 56 valence electrons. The van der Waals surface area contributed by atoms with Gasteiger partial charge in [0, 0.05) is 21.9 Å². The van der Waals surface area contributed by atoms with Crippen LogP contribution in [0.15, 0.2) is 0 Å². The molecule has 1 nitrogen and oxygen atoms in total. The van der Waals surface area contributed by atoms with Gasteiger partial charge >= 0.3 is 0 Å². The van der Waals surface area contributed by atoms with Gasteiger partial charge in [0.2, 0.25) is 0 Å². The summed E-state index contributed by atoms with van der Waals surface area (Å²) < 4.78 is 2.50. The van der Waals surface area contributed by atoms with Crippen LogP contribution in [0.3, 0.4) is 0 Å². The van der Waals surface area contributed by atoms with Crippen LogP contribution in [0.4, 0.5) is 0 Å². The van der Waals surface area contributed by atoms with Crippen molar-refractivity contribution >= 4 is 45.2 Å². The number of nitrogens with zero attached hydrogens (tertiary/aromatic N) is 1. The summed E-state index contributed by atoms with van der Waals surface area (Å²) in [5.74, 6) is 0. The van der Waals surface area contributed by atoms with Crippen molar-refractivity contribution in [2.45, 2.75) is 6.92 Å². The lowest BCUT2D eigenvalue weighted by atomic mass is 10.5. The zero-order chi connectivity index (χ0) is 7.11. The van der Waals surface area contributed by atoms with Crippen LogP contribution in [-0.4, -0.2) is 33.4 Å². The van der Waals surface area contributed by atoms with Crippen molar-refractivity contribution in [1.29, 1.82) is 0 Å². The first-order valence-electron chi connectivity index (χ1n) is 3.19. The molecule has 0 amide bonds. The Balaban J connectivity index is 3.18. The van der Waals surface area contributed by atoms with Crippen molar-refractivity contribution in [1.82, 2.24) is 4.90 Å². The molecule has 0 aromatic rings. The minimum absolute atomic E-state index is 1.20. The van der Waals surface area contributed by atoms with Gasteiger partial charge in [0.05, 0.1) is 0 Å². The Morgan fingerprint density at radius 1 is 1.11 bits per heavy atom. The van der Waals surface area contributed by atoms with Crippen molar-refractivity contribution < 1.29 is 0 Å². The van der Waals surface area contributed by atoms with E-state index in [-0.39, 0.29) is 0 Å². The van der Waals surface area contributed by atoms with Crippen molar-refractivity contribution in [3.05, 3.63) is 0 Å². The van der Waals surface area contributed by atoms with E-state index in [2.05, 4.69) is 57.0 Å². The van der Waals surface area contributed by atoms with Gasteiger partial charge in [0.1, 0.15) is 0 Å². The molecule has 0 aromatic carbocycles. The first kappa shape index (κ1) is 10.4. The minimum Gasteiger partial charge on any atom is -0.302 e. The smallest absolute Gasteiger partial charge is 0.0123 e. The van der Waals surface area contributed by atoms with Crippen molar-refractivity contribution in [2.24, 2.45) is 0 Å². The van der Waals surface area contributed by atoms with Gasteiger partial charge in [-0.15, -0.1) is 0 Å². The molecule has 0 saturated heterocycles. The summed E-state index contributed by atoms with van der Waals surface area (Å²) in [4.78, 5) is 2.47. The van der Waals surface area contributed by atoms with E-state index in [1.807, 2.05) is 0 Å². The first-order chi connectivity index (χ1) is 4.35. The Kier molecular flexibility index (Phi) is 8.71. The molecule has 0 rings (SSSR count). The third kappa shape index (κ3) is 5.84. The minimum atomic E-state index is 1.20. The predicted octanol–water partition coefficient (Wildman–Crippen LogP) is 2.18. The largest absolute Gasteiger partial charge is 0.302 e. The summed E-state index contributed by atoms with van der Waals surface area (Å²) >= 11 is 4.84. The summed E-state index contributed by atoms with van der Waals surface area (Å²) in [6, 6.07) is 0. The Morgan fingerprint density at radius 2 is 1.56 bits per heavy atom. The Morgan fingerprint density at radius 3 is 1.78 bits per heavy atom. The van der Waals surface area contributed by atoms with Gasteiger partial charge in [-0.1, -0.05) is 52.1 Å². The molecule has 0 aliphatic heterocycles. The highest BCUT2D eigenvalue weighted by Gasteiger charge is 1.96. The third-order valence-electron chi connectivity index (χ3n) is 1.25. The lowest BCUT2D eigenvalue weighted by molar-refractivity contribution is 0.330. The average molecular weight is 353 g/mol. The highest BCUT2D eigenvalue weighted by atomic mass is 127. The van der Waals surface area contributed by atoms with E-state index in [4.69, 9.17) is 0 Å². The summed E-state index contributed by atoms with van der Waals surface area (Å²) in [6.45, 7) is 5.92. The highest BCUT2D eigenvalue weighted by molar-refractivity contribution is 14.1. The van der Waals surface area contributed by atoms with Gasteiger partial charge in [-0.2, -0.15) is 0 Å². The third-order valence-corrected chi connectivity index (χ3v) is 2.21. The van der Waals surface area contributed by atoms with E-state index < -0.39 is 0 Å². The fourth-order valence-electron chi connectivity index (χ4n) is 0.667. The van der Waals surface area contributed by atoms with Gasteiger partial charge < -0.3 is 4.90 Å². The van der Waals surface area contributed by atoms with E-state index >= 15 is 0 Å². The molecule has 0 N–H and O–H groups in total. The molecule has 0 fully saturated rings. The number of hydrogen-bond donors (Lipinski definition) is 0. The van der Waals surface area contributed by atoms with Crippen LogP contribution in [0, 0.1) is 0 Å². The molecule has 3 heteroatoms. The van der Waals surface area contributed by atoms with Crippen LogP contribution in [-0.2, 0) is 0 Å². The molecule has 0 bridgehead atoms. The highest BCUT2D eigenvalue weighted by Crippen LogP contribution is 1.92. The molecule has 0 spiro atoms. The zero-order valence-corrected chi connectivity index (χ0v) is 10.1. The van der Waals surface area contributed by atoms with Gasteiger partial charge in [-0.3, -0.25) is 0 Å². The first-order valence-corrected chi connectivity index (χ1v) is 6.24. The maximum Gasteiger partial charge on any atom is 0.0123 e. The summed E-state index contributed by atoms with van der Waals surface area (Å²) in [5, 5.41) is 0. The molecule has 0 aliphatic rings. The molecule has 0 atom stereocenters. The second-order valence-corrected chi connectivity index (χ2v) is 3.97. The van der Waals surface area contributed by atoms with Crippen LogP contribution < -0.4 is 0 Å². The van der Waals surface area contributed by atoms with Crippen LogP contribution in [0.5, 0.6) is 0 Å². The number of rotatable bonds is 5. The van der Waals surface area contributed by atoms with Crippen LogP contribution in [0.2, 0.25) is 0 Å². The Hall–Kier alpha value is 1.42. The molecule has 0 aromatic heterocycles. The van der Waals surface area contributed by atoms with Gasteiger partial charge in [-0.25, -0.2) is 0 Å². The van der Waals surface area contributed by atoms with Crippen molar-refractivity contribution in [3.8, 4) is 0 Å². The summed E-state index contributed by atoms with van der Waals surface area (Å²) in [7, 11) is 0. The molecular formula is C6H13I2N. The zero-order valence-electron chi connectivity index (χ0n) is 5.74. The van der Waals surface area contributed by atoms with Crippen molar-refractivity contribution in [2.75, 3.05) is 28.5 Å². The summed E-state index contributed by atoms with van der Waals surface area (Å²) in [6.07, 6.45) is 0. The maximum atomic E-state index is 2.47. The monoisotopic (exact) mass is 353 g/mol. The van der Waals surface area contributed by atoms with Gasteiger partial charge in [0.25, 0.3) is 0 Å². The second-order valence-electron chi connectivity index (χ2n) is 1.81. The van der Waals surface area contributed by atoms with E-state index in [9.17, 15) is 0 Å². The lowest BCUT2D eigenvalue weighted by Gasteiger charge is -2.16. The molecule has 0 radical (unpaired) electrons. The molecule has 0 heterocycles. The predicted molar refractivity (Wildman–Crippen MR) is 59.9 cm³/mol. The topological polar surface area (TPSA) is 3.24 Å². The summed E-state index contributed by atoms with van der Waals surface area (Å²) in [5.41, 5.74) is 0. The van der Waals surface area contributed by atoms with Crippen LogP contribution in [0.1, 0.15) is 6.92 Å². The number of halogens is 2. The van der Waals surface area contributed by atoms with E-state index in [1.165, 1.54) is 28.5 Å². The normalized spacial score (nSPS) is 10.7. The number of hydrogen-bond acceptors (Lipinski definition) is 1. The Bertz CT molecular complexity index is 53.0. The standard InChI is InChI=1S/C6H13I2N/c1-2-9(5-3-7)6-4-8/h2-6H2,1H3. The molecular weight excluding hydrogens is 340 g/mol.